The molecule has 1 amide bonds. The van der Waals surface area contributed by atoms with Gasteiger partial charge >= 0.3 is 0 Å². The van der Waals surface area contributed by atoms with Gasteiger partial charge in [-0.05, 0) is 41.8 Å². The van der Waals surface area contributed by atoms with Crippen LogP contribution in [0.25, 0.3) is 22.2 Å². The highest BCUT2D eigenvalue weighted by molar-refractivity contribution is 5.97. The fourth-order valence-electron chi connectivity index (χ4n) is 2.55. The standard InChI is InChI=1S/C18H20N4O/c1-3-9-21-18(23)13-6-4-12(5-7-13)15-11-16(19-2)22-17-14(15)8-10-20-17/h4-8,10-11H,3,9H2,1-2H3,(H,21,23)(H2,19,20,22). The highest BCUT2D eigenvalue weighted by Gasteiger charge is 2.10. The summed E-state index contributed by atoms with van der Waals surface area (Å²) in [6, 6.07) is 11.7. The number of aromatic amines is 1. The number of amides is 1. The Hall–Kier alpha value is -2.82. The Morgan fingerprint density at radius 3 is 2.70 bits per heavy atom. The predicted molar refractivity (Wildman–Crippen MR) is 93.7 cm³/mol. The van der Waals surface area contributed by atoms with Gasteiger partial charge in [0, 0.05) is 30.7 Å². The monoisotopic (exact) mass is 308 g/mol. The molecule has 3 aromatic rings. The summed E-state index contributed by atoms with van der Waals surface area (Å²) in [7, 11) is 1.85. The quantitative estimate of drug-likeness (QED) is 0.676. The minimum Gasteiger partial charge on any atom is -0.373 e. The van der Waals surface area contributed by atoms with E-state index in [1.807, 2.05) is 56.6 Å². The van der Waals surface area contributed by atoms with Gasteiger partial charge in [-0.1, -0.05) is 19.1 Å². The van der Waals surface area contributed by atoms with E-state index in [1.54, 1.807) is 0 Å². The van der Waals surface area contributed by atoms with Crippen LogP contribution in [0.2, 0.25) is 0 Å². The lowest BCUT2D eigenvalue weighted by atomic mass is 10.0. The molecule has 0 aliphatic heterocycles. The van der Waals surface area contributed by atoms with E-state index in [9.17, 15) is 4.79 Å². The van der Waals surface area contributed by atoms with E-state index in [0.717, 1.165) is 34.4 Å². The average Bonchev–Trinajstić information content (AvgIpc) is 3.07. The molecule has 0 bridgehead atoms. The van der Waals surface area contributed by atoms with Gasteiger partial charge in [-0.3, -0.25) is 4.79 Å². The van der Waals surface area contributed by atoms with Crippen LogP contribution in [0.1, 0.15) is 23.7 Å². The number of benzene rings is 1. The SMILES string of the molecule is CCCNC(=O)c1ccc(-c2cc(NC)nc3[nH]ccc23)cc1. The molecule has 5 heteroatoms. The second-order valence-electron chi connectivity index (χ2n) is 5.38. The molecule has 118 valence electrons. The lowest BCUT2D eigenvalue weighted by molar-refractivity contribution is 0.0953. The maximum absolute atomic E-state index is 12.0. The molecule has 0 saturated carbocycles. The third-order valence-electron chi connectivity index (χ3n) is 3.78. The minimum atomic E-state index is -0.0316. The lowest BCUT2D eigenvalue weighted by Crippen LogP contribution is -2.23. The Balaban J connectivity index is 1.96. The van der Waals surface area contributed by atoms with Gasteiger partial charge in [-0.15, -0.1) is 0 Å². The first-order valence-electron chi connectivity index (χ1n) is 7.77. The molecular formula is C18H20N4O. The Morgan fingerprint density at radius 1 is 1.22 bits per heavy atom. The van der Waals surface area contributed by atoms with Crippen LogP contribution in [0, 0.1) is 0 Å². The summed E-state index contributed by atoms with van der Waals surface area (Å²) >= 11 is 0. The van der Waals surface area contributed by atoms with Gasteiger partial charge in [-0.2, -0.15) is 0 Å². The number of hydrogen-bond acceptors (Lipinski definition) is 3. The van der Waals surface area contributed by atoms with E-state index in [2.05, 4.69) is 20.6 Å². The Bertz CT molecular complexity index is 821. The Labute approximate surface area is 135 Å². The van der Waals surface area contributed by atoms with Gasteiger partial charge < -0.3 is 15.6 Å². The van der Waals surface area contributed by atoms with Crippen LogP contribution in [-0.4, -0.2) is 29.5 Å². The van der Waals surface area contributed by atoms with Gasteiger partial charge in [-0.25, -0.2) is 4.98 Å². The second kappa shape index (κ2) is 6.52. The molecule has 0 fully saturated rings. The maximum Gasteiger partial charge on any atom is 0.251 e. The van der Waals surface area contributed by atoms with Crippen molar-refractivity contribution in [3.05, 3.63) is 48.2 Å². The fraction of sp³-hybridized carbons (Fsp3) is 0.222. The van der Waals surface area contributed by atoms with Crippen molar-refractivity contribution in [2.75, 3.05) is 18.9 Å². The lowest BCUT2D eigenvalue weighted by Gasteiger charge is -2.08. The summed E-state index contributed by atoms with van der Waals surface area (Å²) in [4.78, 5) is 19.6. The van der Waals surface area contributed by atoms with Gasteiger partial charge in [0.1, 0.15) is 11.5 Å². The summed E-state index contributed by atoms with van der Waals surface area (Å²) in [6.07, 6.45) is 2.81. The van der Waals surface area contributed by atoms with Crippen molar-refractivity contribution in [1.29, 1.82) is 0 Å². The molecule has 0 radical (unpaired) electrons. The third kappa shape index (κ3) is 3.04. The van der Waals surface area contributed by atoms with Crippen molar-refractivity contribution in [2.24, 2.45) is 0 Å². The van der Waals surface area contributed by atoms with E-state index in [-0.39, 0.29) is 5.91 Å². The summed E-state index contributed by atoms with van der Waals surface area (Å²) < 4.78 is 0. The number of pyridine rings is 1. The molecule has 3 N–H and O–H groups in total. The van der Waals surface area contributed by atoms with Crippen LogP contribution < -0.4 is 10.6 Å². The van der Waals surface area contributed by atoms with Crippen LogP contribution in [-0.2, 0) is 0 Å². The number of carbonyl (C=O) groups is 1. The molecule has 0 aliphatic rings. The molecular weight excluding hydrogens is 288 g/mol. The predicted octanol–water partition coefficient (Wildman–Crippen LogP) is 3.41. The smallest absolute Gasteiger partial charge is 0.251 e. The minimum absolute atomic E-state index is 0.0316. The zero-order chi connectivity index (χ0) is 16.2. The Morgan fingerprint density at radius 2 is 2.00 bits per heavy atom. The first-order chi connectivity index (χ1) is 11.2. The molecule has 0 unspecified atom stereocenters. The number of carbonyl (C=O) groups excluding carboxylic acids is 1. The molecule has 2 aromatic heterocycles. The van der Waals surface area contributed by atoms with Gasteiger partial charge in [0.05, 0.1) is 0 Å². The van der Waals surface area contributed by atoms with Crippen LogP contribution in [0.5, 0.6) is 0 Å². The van der Waals surface area contributed by atoms with Crippen molar-refractivity contribution in [1.82, 2.24) is 15.3 Å². The molecule has 2 heterocycles. The number of aromatic nitrogens is 2. The fourth-order valence-corrected chi connectivity index (χ4v) is 2.55. The summed E-state index contributed by atoms with van der Waals surface area (Å²) in [5, 5.41) is 7.03. The van der Waals surface area contributed by atoms with Crippen molar-refractivity contribution < 1.29 is 4.79 Å². The van der Waals surface area contributed by atoms with Crippen molar-refractivity contribution in [3.63, 3.8) is 0 Å². The molecule has 0 aliphatic carbocycles. The molecule has 0 spiro atoms. The first kappa shape index (κ1) is 15.1. The number of nitrogens with one attached hydrogen (secondary N) is 3. The van der Waals surface area contributed by atoms with Gasteiger partial charge in [0.25, 0.3) is 5.91 Å². The van der Waals surface area contributed by atoms with Crippen LogP contribution in [0.15, 0.2) is 42.6 Å². The highest BCUT2D eigenvalue weighted by atomic mass is 16.1. The number of nitrogens with zero attached hydrogens (tertiary/aromatic N) is 1. The van der Waals surface area contributed by atoms with Crippen molar-refractivity contribution >= 4 is 22.8 Å². The molecule has 1 aromatic carbocycles. The molecule has 23 heavy (non-hydrogen) atoms. The molecule has 0 atom stereocenters. The molecule has 0 saturated heterocycles. The van der Waals surface area contributed by atoms with E-state index in [1.165, 1.54) is 0 Å². The third-order valence-corrected chi connectivity index (χ3v) is 3.78. The number of H-pyrrole nitrogens is 1. The number of rotatable bonds is 5. The first-order valence-corrected chi connectivity index (χ1v) is 7.77. The number of fused-ring (bicyclic) bond motifs is 1. The molecule has 5 nitrogen and oxygen atoms in total. The Kier molecular flexibility index (Phi) is 4.28. The van der Waals surface area contributed by atoms with E-state index >= 15 is 0 Å². The van der Waals surface area contributed by atoms with E-state index in [0.29, 0.717) is 12.1 Å². The van der Waals surface area contributed by atoms with Crippen LogP contribution in [0.3, 0.4) is 0 Å². The summed E-state index contributed by atoms with van der Waals surface area (Å²) in [5.41, 5.74) is 3.66. The topological polar surface area (TPSA) is 69.8 Å². The van der Waals surface area contributed by atoms with E-state index < -0.39 is 0 Å². The summed E-state index contributed by atoms with van der Waals surface area (Å²) in [6.45, 7) is 2.73. The maximum atomic E-state index is 12.0. The zero-order valence-corrected chi connectivity index (χ0v) is 13.3. The van der Waals surface area contributed by atoms with Gasteiger partial charge in [0.2, 0.25) is 0 Å². The largest absolute Gasteiger partial charge is 0.373 e. The summed E-state index contributed by atoms with van der Waals surface area (Å²) in [5.74, 6) is 0.774. The number of hydrogen-bond donors (Lipinski definition) is 3. The van der Waals surface area contributed by atoms with E-state index in [4.69, 9.17) is 0 Å². The molecule has 3 rings (SSSR count). The van der Waals surface area contributed by atoms with Gasteiger partial charge in [0.15, 0.2) is 0 Å². The normalized spacial score (nSPS) is 10.7. The van der Waals surface area contributed by atoms with Crippen molar-refractivity contribution in [3.8, 4) is 11.1 Å². The highest BCUT2D eigenvalue weighted by Crippen LogP contribution is 2.29. The second-order valence-corrected chi connectivity index (χ2v) is 5.38. The average molecular weight is 308 g/mol. The zero-order valence-electron chi connectivity index (χ0n) is 13.3. The van der Waals surface area contributed by atoms with Crippen molar-refractivity contribution in [2.45, 2.75) is 13.3 Å². The number of anilines is 1. The van der Waals surface area contributed by atoms with Crippen LogP contribution in [0.4, 0.5) is 5.82 Å². The van der Waals surface area contributed by atoms with Crippen LogP contribution >= 0.6 is 0 Å².